The highest BCUT2D eigenvalue weighted by Gasteiger charge is 2.19. The molecular formula is C73H128O6. The normalized spacial score (nSPS) is 12.6. The zero-order valence-corrected chi connectivity index (χ0v) is 52.4. The fourth-order valence-corrected chi connectivity index (χ4v) is 9.76. The van der Waals surface area contributed by atoms with Crippen molar-refractivity contribution < 1.29 is 28.6 Å². The molecule has 0 heterocycles. The quantitative estimate of drug-likeness (QED) is 0.0261. The third-order valence-electron chi connectivity index (χ3n) is 14.9. The van der Waals surface area contributed by atoms with Crippen LogP contribution in [0.2, 0.25) is 0 Å². The topological polar surface area (TPSA) is 78.9 Å². The molecule has 0 saturated carbocycles. The minimum absolute atomic E-state index is 0.0778. The first-order chi connectivity index (χ1) is 39.0. The Bertz CT molecular complexity index is 1500. The molecule has 0 radical (unpaired) electrons. The van der Waals surface area contributed by atoms with E-state index in [2.05, 4.69) is 106 Å². The highest BCUT2D eigenvalue weighted by Crippen LogP contribution is 2.17. The molecule has 0 rings (SSSR count). The van der Waals surface area contributed by atoms with Crippen LogP contribution in [0.25, 0.3) is 0 Å². The molecule has 0 amide bonds. The average Bonchev–Trinajstić information content (AvgIpc) is 3.45. The molecule has 0 spiro atoms. The summed E-state index contributed by atoms with van der Waals surface area (Å²) in [6.45, 7) is 6.52. The Kier molecular flexibility index (Phi) is 64.2. The van der Waals surface area contributed by atoms with Crippen LogP contribution in [0.4, 0.5) is 0 Å². The zero-order chi connectivity index (χ0) is 57.1. The minimum atomic E-state index is -0.782. The van der Waals surface area contributed by atoms with Crippen molar-refractivity contribution >= 4 is 17.9 Å². The van der Waals surface area contributed by atoms with Gasteiger partial charge in [0.05, 0.1) is 0 Å². The van der Waals surface area contributed by atoms with E-state index < -0.39 is 6.10 Å². The predicted octanol–water partition coefficient (Wildman–Crippen LogP) is 23.4. The number of allylic oxidation sites excluding steroid dienone is 14. The number of ether oxygens (including phenoxy) is 3. The van der Waals surface area contributed by atoms with Gasteiger partial charge in [-0.1, -0.05) is 292 Å². The SMILES string of the molecule is CC/C=C\C/C=C\C/C=C\C/C=C\CCCCCCCCCCCCCCCCCCC(=O)OCC(COC(=O)CCCCCCC/C=C\CCCCCC)OC(=O)CCCCCCCCCCC/C=C\C/C=C\CCCCC. The van der Waals surface area contributed by atoms with Crippen molar-refractivity contribution in [2.24, 2.45) is 0 Å². The molecule has 0 N–H and O–H groups in total. The number of carbonyl (C=O) groups is 3. The van der Waals surface area contributed by atoms with Gasteiger partial charge in [-0.25, -0.2) is 0 Å². The first kappa shape index (κ1) is 75.6. The lowest BCUT2D eigenvalue weighted by Gasteiger charge is -2.18. The number of hydrogen-bond donors (Lipinski definition) is 0. The standard InChI is InChI=1S/C73H128O6/c1-4-7-10-13-16-19-22-25-27-29-31-32-33-34-35-36-37-38-39-40-42-43-45-48-51-54-57-60-63-66-72(75)78-69-70(68-77-71(74)65-62-59-56-53-50-47-24-21-18-15-12-9-6-3)79-73(76)67-64-61-58-55-52-49-46-44-41-30-28-26-23-20-17-14-11-8-5-2/h7,10,16-17,19-21,24-28,31-32,70H,4-6,8-9,11-15,18,22-23,29-30,33-69H2,1-3H3/b10-7-,19-16-,20-17-,24-21-,27-25-,28-26-,32-31-. The zero-order valence-electron chi connectivity index (χ0n) is 52.4. The lowest BCUT2D eigenvalue weighted by molar-refractivity contribution is -0.167. The summed E-state index contributed by atoms with van der Waals surface area (Å²) in [7, 11) is 0. The van der Waals surface area contributed by atoms with Gasteiger partial charge in [-0.2, -0.15) is 0 Å². The van der Waals surface area contributed by atoms with Gasteiger partial charge in [0.2, 0.25) is 0 Å². The van der Waals surface area contributed by atoms with Gasteiger partial charge in [0, 0.05) is 19.3 Å². The van der Waals surface area contributed by atoms with E-state index in [4.69, 9.17) is 14.2 Å². The van der Waals surface area contributed by atoms with Crippen LogP contribution in [0, 0.1) is 0 Å². The Hall–Kier alpha value is -3.41. The van der Waals surface area contributed by atoms with Gasteiger partial charge in [-0.15, -0.1) is 0 Å². The van der Waals surface area contributed by atoms with E-state index in [1.807, 2.05) is 0 Å². The number of esters is 3. The van der Waals surface area contributed by atoms with Crippen LogP contribution in [-0.4, -0.2) is 37.2 Å². The Balaban J connectivity index is 4.23. The average molecular weight is 1100 g/mol. The number of unbranched alkanes of at least 4 members (excludes halogenated alkanes) is 37. The molecule has 0 aromatic carbocycles. The van der Waals surface area contributed by atoms with Crippen molar-refractivity contribution in [2.45, 2.75) is 348 Å². The van der Waals surface area contributed by atoms with E-state index >= 15 is 0 Å². The lowest BCUT2D eigenvalue weighted by Crippen LogP contribution is -2.30. The van der Waals surface area contributed by atoms with Crippen LogP contribution in [0.5, 0.6) is 0 Å². The first-order valence-electron chi connectivity index (χ1n) is 34.1. The Morgan fingerprint density at radius 2 is 0.494 bits per heavy atom. The molecule has 0 aliphatic heterocycles. The maximum Gasteiger partial charge on any atom is 0.306 e. The van der Waals surface area contributed by atoms with Crippen LogP contribution in [0.15, 0.2) is 85.1 Å². The summed E-state index contributed by atoms with van der Waals surface area (Å²) >= 11 is 0. The molecule has 6 nitrogen and oxygen atoms in total. The van der Waals surface area contributed by atoms with E-state index in [1.165, 1.54) is 205 Å². The molecule has 456 valence electrons. The summed E-state index contributed by atoms with van der Waals surface area (Å²) in [6.07, 6.45) is 88.9. The summed E-state index contributed by atoms with van der Waals surface area (Å²) in [5, 5.41) is 0. The first-order valence-corrected chi connectivity index (χ1v) is 34.1. The summed E-state index contributed by atoms with van der Waals surface area (Å²) in [4.78, 5) is 38.4. The smallest absolute Gasteiger partial charge is 0.306 e. The van der Waals surface area contributed by atoms with Crippen LogP contribution in [0.3, 0.4) is 0 Å². The van der Waals surface area contributed by atoms with Crippen molar-refractivity contribution in [3.05, 3.63) is 85.1 Å². The maximum absolute atomic E-state index is 12.9. The van der Waals surface area contributed by atoms with Gasteiger partial charge < -0.3 is 14.2 Å². The number of hydrogen-bond acceptors (Lipinski definition) is 6. The van der Waals surface area contributed by atoms with E-state index in [9.17, 15) is 14.4 Å². The number of rotatable bonds is 62. The molecule has 6 heteroatoms. The van der Waals surface area contributed by atoms with E-state index in [-0.39, 0.29) is 31.1 Å². The second-order valence-electron chi connectivity index (χ2n) is 22.7. The van der Waals surface area contributed by atoms with Gasteiger partial charge in [-0.05, 0) is 116 Å². The second-order valence-corrected chi connectivity index (χ2v) is 22.7. The Morgan fingerprint density at radius 3 is 0.810 bits per heavy atom. The lowest BCUT2D eigenvalue weighted by atomic mass is 10.0. The molecule has 0 aliphatic carbocycles. The molecule has 0 saturated heterocycles. The fraction of sp³-hybridized carbons (Fsp3) is 0.767. The van der Waals surface area contributed by atoms with Crippen molar-refractivity contribution in [2.75, 3.05) is 13.2 Å². The molecule has 1 atom stereocenters. The van der Waals surface area contributed by atoms with E-state index in [0.717, 1.165) is 96.3 Å². The molecule has 0 aliphatic rings. The van der Waals surface area contributed by atoms with Crippen molar-refractivity contribution in [3.8, 4) is 0 Å². The van der Waals surface area contributed by atoms with Gasteiger partial charge in [-0.3, -0.25) is 14.4 Å². The van der Waals surface area contributed by atoms with Crippen molar-refractivity contribution in [3.63, 3.8) is 0 Å². The van der Waals surface area contributed by atoms with Crippen LogP contribution >= 0.6 is 0 Å². The number of carbonyl (C=O) groups excluding carboxylic acids is 3. The van der Waals surface area contributed by atoms with Gasteiger partial charge in [0.25, 0.3) is 0 Å². The molecule has 0 aromatic rings. The highest BCUT2D eigenvalue weighted by atomic mass is 16.6. The molecule has 79 heavy (non-hydrogen) atoms. The molecule has 0 aromatic heterocycles. The molecule has 0 fully saturated rings. The van der Waals surface area contributed by atoms with Gasteiger partial charge in [0.15, 0.2) is 6.10 Å². The largest absolute Gasteiger partial charge is 0.462 e. The van der Waals surface area contributed by atoms with Gasteiger partial charge >= 0.3 is 17.9 Å². The van der Waals surface area contributed by atoms with Crippen molar-refractivity contribution in [1.29, 1.82) is 0 Å². The summed E-state index contributed by atoms with van der Waals surface area (Å²) in [5.41, 5.74) is 0. The summed E-state index contributed by atoms with van der Waals surface area (Å²) < 4.78 is 17.0. The minimum Gasteiger partial charge on any atom is -0.462 e. The van der Waals surface area contributed by atoms with Crippen LogP contribution < -0.4 is 0 Å². The van der Waals surface area contributed by atoms with E-state index in [1.54, 1.807) is 0 Å². The Labute approximate surface area is 490 Å². The summed E-state index contributed by atoms with van der Waals surface area (Å²) in [5.74, 6) is -0.875. The third kappa shape index (κ3) is 65.3. The maximum atomic E-state index is 12.9. The van der Waals surface area contributed by atoms with Crippen LogP contribution in [0.1, 0.15) is 342 Å². The molecular weight excluding hydrogens is 973 g/mol. The van der Waals surface area contributed by atoms with E-state index in [0.29, 0.717) is 19.3 Å². The van der Waals surface area contributed by atoms with Crippen molar-refractivity contribution in [1.82, 2.24) is 0 Å². The predicted molar refractivity (Wildman–Crippen MR) is 344 cm³/mol. The Morgan fingerprint density at radius 1 is 0.266 bits per heavy atom. The van der Waals surface area contributed by atoms with Crippen LogP contribution in [-0.2, 0) is 28.6 Å². The molecule has 1 unspecified atom stereocenters. The van der Waals surface area contributed by atoms with Gasteiger partial charge in [0.1, 0.15) is 13.2 Å². The monoisotopic (exact) mass is 1100 g/mol. The second kappa shape index (κ2) is 67.1. The fourth-order valence-electron chi connectivity index (χ4n) is 9.76. The summed E-state index contributed by atoms with van der Waals surface area (Å²) in [6, 6.07) is 0. The highest BCUT2D eigenvalue weighted by molar-refractivity contribution is 5.71. The molecule has 0 bridgehead atoms. The third-order valence-corrected chi connectivity index (χ3v) is 14.9.